The zero-order valence-electron chi connectivity index (χ0n) is 19.5. The van der Waals surface area contributed by atoms with Crippen LogP contribution in [0.3, 0.4) is 0 Å². The average Bonchev–Trinajstić information content (AvgIpc) is 3.32. The standard InChI is InChI=1S/C29H18Br3N3O3/c30-20-11-9-18(10-12-20)29(37)38-24-14-13-21(31)15-19(24)16-33-35-28(36)27-25(17-5-2-1-3-6-17)22-7-4-8-23(32)26(22)34-27/h1-16,34H,(H,35,36). The second-order valence-electron chi connectivity index (χ2n) is 8.18. The van der Waals surface area contributed by atoms with Crippen LogP contribution < -0.4 is 10.2 Å². The van der Waals surface area contributed by atoms with E-state index in [0.29, 0.717) is 22.6 Å². The first-order valence-electron chi connectivity index (χ1n) is 11.4. The third-order valence-corrected chi connectivity index (χ3v) is 7.38. The maximum absolute atomic E-state index is 13.3. The molecule has 6 nitrogen and oxygen atoms in total. The molecule has 0 aliphatic heterocycles. The van der Waals surface area contributed by atoms with Crippen molar-refractivity contribution in [2.45, 2.75) is 0 Å². The van der Waals surface area contributed by atoms with E-state index in [4.69, 9.17) is 4.74 Å². The van der Waals surface area contributed by atoms with Gasteiger partial charge in [0.15, 0.2) is 0 Å². The van der Waals surface area contributed by atoms with Crippen molar-refractivity contribution in [3.8, 4) is 16.9 Å². The number of halogens is 3. The highest BCUT2D eigenvalue weighted by molar-refractivity contribution is 9.11. The Labute approximate surface area is 243 Å². The molecule has 0 radical (unpaired) electrons. The van der Waals surface area contributed by atoms with E-state index in [1.807, 2.05) is 48.5 Å². The first-order valence-corrected chi connectivity index (χ1v) is 13.7. The molecule has 4 aromatic carbocycles. The number of hydrazone groups is 1. The smallest absolute Gasteiger partial charge is 0.343 e. The fraction of sp³-hybridized carbons (Fsp3) is 0. The molecule has 0 bridgehead atoms. The lowest BCUT2D eigenvalue weighted by molar-refractivity contribution is 0.0734. The highest BCUT2D eigenvalue weighted by Gasteiger charge is 2.20. The summed E-state index contributed by atoms with van der Waals surface area (Å²) in [6, 6.07) is 27.5. The fourth-order valence-corrected chi connectivity index (χ4v) is 5.04. The molecule has 188 valence electrons. The lowest BCUT2D eigenvalue weighted by Crippen LogP contribution is -2.19. The van der Waals surface area contributed by atoms with Gasteiger partial charge in [-0.15, -0.1) is 0 Å². The number of aromatic amines is 1. The van der Waals surface area contributed by atoms with Crippen molar-refractivity contribution in [1.82, 2.24) is 10.4 Å². The van der Waals surface area contributed by atoms with Gasteiger partial charge in [0, 0.05) is 29.9 Å². The molecule has 1 aromatic heterocycles. The summed E-state index contributed by atoms with van der Waals surface area (Å²) in [4.78, 5) is 29.2. The monoisotopic (exact) mass is 693 g/mol. The van der Waals surface area contributed by atoms with Crippen molar-refractivity contribution in [3.05, 3.63) is 121 Å². The second-order valence-corrected chi connectivity index (χ2v) is 10.9. The Bertz CT molecular complexity index is 1680. The van der Waals surface area contributed by atoms with Gasteiger partial charge in [-0.25, -0.2) is 10.2 Å². The molecular formula is C29H18Br3N3O3. The first-order chi connectivity index (χ1) is 18.4. The second kappa shape index (κ2) is 11.5. The van der Waals surface area contributed by atoms with Gasteiger partial charge in [0.05, 0.1) is 17.3 Å². The molecule has 5 rings (SSSR count). The minimum Gasteiger partial charge on any atom is -0.422 e. The van der Waals surface area contributed by atoms with Crippen molar-refractivity contribution in [2.75, 3.05) is 0 Å². The number of nitrogens with zero attached hydrogens (tertiary/aromatic N) is 1. The number of H-pyrrole nitrogens is 1. The lowest BCUT2D eigenvalue weighted by atomic mass is 10.0. The minimum atomic E-state index is -0.505. The van der Waals surface area contributed by atoms with Crippen LogP contribution in [0.5, 0.6) is 5.75 Å². The summed E-state index contributed by atoms with van der Waals surface area (Å²) in [5.74, 6) is -0.611. The zero-order chi connectivity index (χ0) is 26.6. The molecule has 38 heavy (non-hydrogen) atoms. The third kappa shape index (κ3) is 5.65. The molecule has 0 fully saturated rings. The highest BCUT2D eigenvalue weighted by Crippen LogP contribution is 2.35. The van der Waals surface area contributed by atoms with Crippen LogP contribution >= 0.6 is 47.8 Å². The molecular weight excluding hydrogens is 678 g/mol. The van der Waals surface area contributed by atoms with Crippen LogP contribution in [0.2, 0.25) is 0 Å². The summed E-state index contributed by atoms with van der Waals surface area (Å²) in [6.07, 6.45) is 1.44. The van der Waals surface area contributed by atoms with Gasteiger partial charge >= 0.3 is 5.97 Å². The number of carbonyl (C=O) groups excluding carboxylic acids is 2. The SMILES string of the molecule is O=C(Oc1ccc(Br)cc1C=NNC(=O)c1[nH]c2c(Br)cccc2c1-c1ccccc1)c1ccc(Br)cc1. The van der Waals surface area contributed by atoms with Crippen LogP contribution in [0.25, 0.3) is 22.0 Å². The Balaban J connectivity index is 1.41. The number of amides is 1. The molecule has 0 aliphatic carbocycles. The summed E-state index contributed by atoms with van der Waals surface area (Å²) >= 11 is 10.3. The number of fused-ring (bicyclic) bond motifs is 1. The largest absolute Gasteiger partial charge is 0.422 e. The van der Waals surface area contributed by atoms with E-state index in [2.05, 4.69) is 63.3 Å². The van der Waals surface area contributed by atoms with Crippen molar-refractivity contribution >= 4 is 76.8 Å². The topological polar surface area (TPSA) is 83.5 Å². The maximum atomic E-state index is 13.3. The van der Waals surface area contributed by atoms with Crippen LogP contribution in [0, 0.1) is 0 Å². The van der Waals surface area contributed by atoms with Gasteiger partial charge in [-0.05, 0) is 70.0 Å². The highest BCUT2D eigenvalue weighted by atomic mass is 79.9. The van der Waals surface area contributed by atoms with E-state index in [1.165, 1.54) is 6.21 Å². The number of nitrogens with one attached hydrogen (secondary N) is 2. The number of hydrogen-bond acceptors (Lipinski definition) is 4. The van der Waals surface area contributed by atoms with Crippen LogP contribution in [0.15, 0.2) is 110 Å². The molecule has 5 aromatic rings. The van der Waals surface area contributed by atoms with E-state index in [9.17, 15) is 9.59 Å². The Kier molecular flexibility index (Phi) is 7.87. The number of benzene rings is 4. The molecule has 0 unspecified atom stereocenters. The molecule has 0 saturated heterocycles. The van der Waals surface area contributed by atoms with Crippen molar-refractivity contribution in [3.63, 3.8) is 0 Å². The number of aromatic nitrogens is 1. The summed E-state index contributed by atoms with van der Waals surface area (Å²) in [5.41, 5.74) is 6.39. The van der Waals surface area contributed by atoms with E-state index < -0.39 is 11.9 Å². The van der Waals surface area contributed by atoms with Crippen LogP contribution in [-0.2, 0) is 0 Å². The van der Waals surface area contributed by atoms with Crippen molar-refractivity contribution in [1.29, 1.82) is 0 Å². The first kappa shape index (κ1) is 26.1. The predicted octanol–water partition coefficient (Wildman–Crippen LogP) is 8.11. The lowest BCUT2D eigenvalue weighted by Gasteiger charge is -2.08. The van der Waals surface area contributed by atoms with Gasteiger partial charge < -0.3 is 9.72 Å². The number of hydrogen-bond donors (Lipinski definition) is 2. The molecule has 0 spiro atoms. The number of carbonyl (C=O) groups is 2. The van der Waals surface area contributed by atoms with Crippen LogP contribution in [0.4, 0.5) is 0 Å². The normalized spacial score (nSPS) is 11.1. The Hall–Kier alpha value is -3.53. The quantitative estimate of drug-likeness (QED) is 0.0815. The number of ether oxygens (including phenoxy) is 1. The van der Waals surface area contributed by atoms with Gasteiger partial charge in [-0.1, -0.05) is 74.3 Å². The van der Waals surface area contributed by atoms with E-state index in [-0.39, 0.29) is 0 Å². The van der Waals surface area contributed by atoms with Gasteiger partial charge in [0.25, 0.3) is 5.91 Å². The van der Waals surface area contributed by atoms with E-state index in [1.54, 1.807) is 42.5 Å². The van der Waals surface area contributed by atoms with Gasteiger partial charge in [0.2, 0.25) is 0 Å². The van der Waals surface area contributed by atoms with Crippen LogP contribution in [0.1, 0.15) is 26.4 Å². The third-order valence-electron chi connectivity index (χ3n) is 5.70. The minimum absolute atomic E-state index is 0.304. The predicted molar refractivity (Wildman–Crippen MR) is 160 cm³/mol. The molecule has 0 aliphatic rings. The van der Waals surface area contributed by atoms with Gasteiger partial charge in [-0.3, -0.25) is 4.79 Å². The maximum Gasteiger partial charge on any atom is 0.343 e. The summed E-state index contributed by atoms with van der Waals surface area (Å²) in [6.45, 7) is 0. The average molecular weight is 696 g/mol. The van der Waals surface area contributed by atoms with Gasteiger partial charge in [0.1, 0.15) is 11.4 Å². The summed E-state index contributed by atoms with van der Waals surface area (Å²) in [7, 11) is 0. The Morgan fingerprint density at radius 1 is 0.842 bits per heavy atom. The van der Waals surface area contributed by atoms with Crippen molar-refractivity contribution < 1.29 is 14.3 Å². The number of esters is 1. The van der Waals surface area contributed by atoms with Crippen LogP contribution in [-0.4, -0.2) is 23.1 Å². The van der Waals surface area contributed by atoms with Gasteiger partial charge in [-0.2, -0.15) is 5.10 Å². The summed E-state index contributed by atoms with van der Waals surface area (Å²) in [5, 5.41) is 5.08. The number of rotatable bonds is 6. The fourth-order valence-electron chi connectivity index (χ4n) is 3.93. The van der Waals surface area contributed by atoms with E-state index in [0.717, 1.165) is 35.4 Å². The molecule has 1 heterocycles. The molecule has 0 atom stereocenters. The van der Waals surface area contributed by atoms with Crippen molar-refractivity contribution in [2.24, 2.45) is 5.10 Å². The molecule has 2 N–H and O–H groups in total. The molecule has 0 saturated carbocycles. The number of para-hydroxylation sites is 1. The molecule has 1 amide bonds. The molecule has 9 heteroatoms. The summed E-state index contributed by atoms with van der Waals surface area (Å²) < 4.78 is 8.08. The Morgan fingerprint density at radius 2 is 1.58 bits per heavy atom. The Morgan fingerprint density at radius 3 is 2.34 bits per heavy atom. The van der Waals surface area contributed by atoms with E-state index >= 15 is 0 Å². The zero-order valence-corrected chi connectivity index (χ0v) is 24.3.